The number of rotatable bonds is 2. The van der Waals surface area contributed by atoms with E-state index in [0.717, 1.165) is 6.07 Å². The lowest BCUT2D eigenvalue weighted by Crippen LogP contribution is -2.23. The van der Waals surface area contributed by atoms with Crippen LogP contribution in [0.1, 0.15) is 0 Å². The minimum absolute atomic E-state index is 0.0662. The number of hydrogen-bond acceptors (Lipinski definition) is 3. The summed E-state index contributed by atoms with van der Waals surface area (Å²) in [6.45, 7) is 0. The van der Waals surface area contributed by atoms with Crippen molar-refractivity contribution in [3.05, 3.63) is 24.0 Å². The predicted octanol–water partition coefficient (Wildman–Crippen LogP) is 1.74. The van der Waals surface area contributed by atoms with E-state index in [1.165, 1.54) is 0 Å². The quantitative estimate of drug-likeness (QED) is 0.648. The average Bonchev–Trinajstić information content (AvgIpc) is 1.97. The molecule has 2 N–H and O–H groups in total. The van der Waals surface area contributed by atoms with Gasteiger partial charge in [-0.25, -0.2) is 12.8 Å². The third kappa shape index (κ3) is 3.09. The molecule has 0 heterocycles. The van der Waals surface area contributed by atoms with Crippen LogP contribution in [-0.2, 0) is 9.84 Å². The molecule has 0 amide bonds. The molecule has 0 unspecified atom stereocenters. The van der Waals surface area contributed by atoms with Gasteiger partial charge in [-0.3, -0.25) is 0 Å². The highest BCUT2D eigenvalue weighted by Crippen LogP contribution is 2.25. The van der Waals surface area contributed by atoms with Crippen LogP contribution in [0.4, 0.5) is 23.2 Å². The maximum Gasteiger partial charge on any atom is 0.403 e. The van der Waals surface area contributed by atoms with E-state index in [1.807, 2.05) is 0 Å². The summed E-state index contributed by atoms with van der Waals surface area (Å²) in [6, 6.07) is 2.39. The highest BCUT2D eigenvalue weighted by molar-refractivity contribution is 7.91. The summed E-state index contributed by atoms with van der Waals surface area (Å²) in [4.78, 5) is -1.00. The molecule has 0 spiro atoms. The zero-order valence-corrected chi connectivity index (χ0v) is 8.57. The molecule has 0 atom stereocenters. The lowest BCUT2D eigenvalue weighted by atomic mass is 10.3. The van der Waals surface area contributed by atoms with Crippen LogP contribution in [0.5, 0.6) is 0 Å². The molecule has 0 aliphatic carbocycles. The maximum atomic E-state index is 13.1. The van der Waals surface area contributed by atoms with Crippen molar-refractivity contribution in [3.8, 4) is 0 Å². The van der Waals surface area contributed by atoms with Crippen molar-refractivity contribution in [2.75, 3.05) is 11.5 Å². The summed E-state index contributed by atoms with van der Waals surface area (Å²) in [5.74, 6) is -3.38. The summed E-state index contributed by atoms with van der Waals surface area (Å²) in [7, 11) is -4.72. The molecule has 0 saturated heterocycles. The molecule has 3 nitrogen and oxygen atoms in total. The molecule has 8 heteroatoms. The summed E-state index contributed by atoms with van der Waals surface area (Å²) in [5, 5.41) is 0. The lowest BCUT2D eigenvalue weighted by Gasteiger charge is -2.08. The van der Waals surface area contributed by atoms with E-state index in [1.54, 1.807) is 0 Å². The van der Waals surface area contributed by atoms with Gasteiger partial charge < -0.3 is 5.73 Å². The van der Waals surface area contributed by atoms with Gasteiger partial charge in [0.2, 0.25) is 0 Å². The van der Waals surface area contributed by atoms with E-state index in [-0.39, 0.29) is 5.69 Å². The third-order valence-electron chi connectivity index (χ3n) is 1.64. The van der Waals surface area contributed by atoms with Crippen molar-refractivity contribution in [3.63, 3.8) is 0 Å². The van der Waals surface area contributed by atoms with Gasteiger partial charge in [0.25, 0.3) is 0 Å². The van der Waals surface area contributed by atoms with Gasteiger partial charge in [-0.2, -0.15) is 13.2 Å². The summed E-state index contributed by atoms with van der Waals surface area (Å²) >= 11 is 0. The molecule has 0 aromatic heterocycles. The summed E-state index contributed by atoms with van der Waals surface area (Å²) in [6.07, 6.45) is -4.91. The SMILES string of the molecule is Nc1ccc(S(=O)(=O)CC(F)(F)F)c(F)c1. The molecule has 0 radical (unpaired) electrons. The van der Waals surface area contributed by atoms with Gasteiger partial charge in [0.05, 0.1) is 0 Å². The second-order valence-electron chi connectivity index (χ2n) is 3.06. The molecule has 1 rings (SSSR count). The Morgan fingerprint density at radius 2 is 1.81 bits per heavy atom. The molecule has 1 aromatic rings. The normalized spacial score (nSPS) is 12.8. The Hall–Kier alpha value is -1.31. The Bertz CT molecular complexity index is 495. The van der Waals surface area contributed by atoms with Crippen LogP contribution in [0.3, 0.4) is 0 Å². The number of halogens is 4. The standard InChI is InChI=1S/C8H7F4NO2S/c9-6-3-5(13)1-2-7(6)16(14,15)4-8(10,11)12/h1-3H,4,13H2. The number of alkyl halides is 3. The van der Waals surface area contributed by atoms with E-state index in [2.05, 4.69) is 0 Å². The van der Waals surface area contributed by atoms with Gasteiger partial charge in [0, 0.05) is 5.69 Å². The second-order valence-corrected chi connectivity index (χ2v) is 5.02. The Morgan fingerprint density at radius 3 is 2.25 bits per heavy atom. The van der Waals surface area contributed by atoms with Crippen molar-refractivity contribution in [1.29, 1.82) is 0 Å². The third-order valence-corrected chi connectivity index (χ3v) is 3.35. The van der Waals surface area contributed by atoms with E-state index in [9.17, 15) is 26.0 Å². The summed E-state index contributed by atoms with van der Waals surface area (Å²) < 4.78 is 71.2. The minimum atomic E-state index is -4.91. The fraction of sp³-hybridized carbons (Fsp3) is 0.250. The highest BCUT2D eigenvalue weighted by Gasteiger charge is 2.37. The van der Waals surface area contributed by atoms with Crippen molar-refractivity contribution in [2.24, 2.45) is 0 Å². The number of nitrogen functional groups attached to an aromatic ring is 1. The number of anilines is 1. The van der Waals surface area contributed by atoms with Crippen LogP contribution < -0.4 is 5.73 Å². The van der Waals surface area contributed by atoms with Crippen molar-refractivity contribution < 1.29 is 26.0 Å². The molecular formula is C8H7F4NO2S. The zero-order valence-electron chi connectivity index (χ0n) is 7.75. The van der Waals surface area contributed by atoms with Crippen LogP contribution in [-0.4, -0.2) is 20.3 Å². The molecule has 0 saturated carbocycles. The Labute approximate surface area is 88.8 Å². The molecule has 0 fully saturated rings. The topological polar surface area (TPSA) is 60.2 Å². The van der Waals surface area contributed by atoms with Crippen LogP contribution in [0.2, 0.25) is 0 Å². The van der Waals surface area contributed by atoms with E-state index < -0.39 is 32.5 Å². The van der Waals surface area contributed by atoms with Crippen LogP contribution in [0, 0.1) is 5.82 Å². The van der Waals surface area contributed by atoms with Gasteiger partial charge in [0.15, 0.2) is 15.6 Å². The molecule has 0 aliphatic heterocycles. The number of nitrogens with two attached hydrogens (primary N) is 1. The highest BCUT2D eigenvalue weighted by atomic mass is 32.2. The maximum absolute atomic E-state index is 13.1. The van der Waals surface area contributed by atoms with E-state index in [0.29, 0.717) is 12.1 Å². The summed E-state index contributed by atoms with van der Waals surface area (Å²) in [5.41, 5.74) is 5.07. The van der Waals surface area contributed by atoms with Crippen LogP contribution >= 0.6 is 0 Å². The first-order valence-corrected chi connectivity index (χ1v) is 5.61. The number of hydrogen-bond donors (Lipinski definition) is 1. The smallest absolute Gasteiger partial charge is 0.399 e. The number of sulfone groups is 1. The van der Waals surface area contributed by atoms with Crippen molar-refractivity contribution >= 4 is 15.5 Å². The van der Waals surface area contributed by atoms with Crippen molar-refractivity contribution in [2.45, 2.75) is 11.1 Å². The first-order chi connectivity index (χ1) is 7.12. The second kappa shape index (κ2) is 3.93. The Balaban J connectivity index is 3.18. The van der Waals surface area contributed by atoms with Crippen molar-refractivity contribution in [1.82, 2.24) is 0 Å². The monoisotopic (exact) mass is 257 g/mol. The average molecular weight is 257 g/mol. The predicted molar refractivity (Wildman–Crippen MR) is 48.9 cm³/mol. The fourth-order valence-electron chi connectivity index (χ4n) is 1.06. The fourth-order valence-corrected chi connectivity index (χ4v) is 2.28. The van der Waals surface area contributed by atoms with E-state index in [4.69, 9.17) is 5.73 Å². The molecule has 0 bridgehead atoms. The lowest BCUT2D eigenvalue weighted by molar-refractivity contribution is -0.106. The molecule has 0 aliphatic rings. The molecule has 1 aromatic carbocycles. The Morgan fingerprint density at radius 1 is 1.25 bits per heavy atom. The first kappa shape index (κ1) is 12.8. The first-order valence-electron chi connectivity index (χ1n) is 3.96. The largest absolute Gasteiger partial charge is 0.403 e. The molecular weight excluding hydrogens is 250 g/mol. The molecule has 90 valence electrons. The van der Waals surface area contributed by atoms with Crippen LogP contribution in [0.15, 0.2) is 23.1 Å². The Kier molecular flexibility index (Phi) is 3.13. The zero-order chi connectivity index (χ0) is 12.6. The van der Waals surface area contributed by atoms with Gasteiger partial charge >= 0.3 is 6.18 Å². The molecule has 16 heavy (non-hydrogen) atoms. The van der Waals surface area contributed by atoms with Gasteiger partial charge in [-0.1, -0.05) is 0 Å². The van der Waals surface area contributed by atoms with Gasteiger partial charge in [-0.15, -0.1) is 0 Å². The minimum Gasteiger partial charge on any atom is -0.399 e. The number of benzene rings is 1. The van der Waals surface area contributed by atoms with Gasteiger partial charge in [-0.05, 0) is 18.2 Å². The van der Waals surface area contributed by atoms with Crippen LogP contribution in [0.25, 0.3) is 0 Å². The van der Waals surface area contributed by atoms with Gasteiger partial charge in [0.1, 0.15) is 10.7 Å². The van der Waals surface area contributed by atoms with E-state index >= 15 is 0 Å².